The van der Waals surface area contributed by atoms with Crippen molar-refractivity contribution >= 4 is 5.97 Å². The van der Waals surface area contributed by atoms with E-state index in [0.29, 0.717) is 0 Å². The zero-order chi connectivity index (χ0) is 15.3. The van der Waals surface area contributed by atoms with E-state index in [1.807, 2.05) is 0 Å². The van der Waals surface area contributed by atoms with Crippen molar-refractivity contribution in [2.24, 2.45) is 5.92 Å². The molecule has 124 valence electrons. The molecule has 0 spiro atoms. The number of unbranched alkanes of at least 4 members (excludes halogenated alkanes) is 9. The van der Waals surface area contributed by atoms with Gasteiger partial charge in [0.15, 0.2) is 0 Å². The Kier molecular flexibility index (Phi) is 10.6. The molecule has 1 fully saturated rings. The van der Waals surface area contributed by atoms with E-state index in [1.54, 1.807) is 0 Å². The molecule has 0 radical (unpaired) electrons. The largest absolute Gasteiger partial charge is 0.462 e. The van der Waals surface area contributed by atoms with Gasteiger partial charge in [-0.2, -0.15) is 0 Å². The van der Waals surface area contributed by atoms with Crippen LogP contribution in [0.2, 0.25) is 0 Å². The first kappa shape index (κ1) is 18.5. The third-order valence-corrected chi connectivity index (χ3v) is 4.53. The van der Waals surface area contributed by atoms with E-state index in [1.165, 1.54) is 64.2 Å². The molecule has 1 aliphatic carbocycles. The summed E-state index contributed by atoms with van der Waals surface area (Å²) < 4.78 is 5.57. The molecule has 1 saturated carbocycles. The van der Waals surface area contributed by atoms with Gasteiger partial charge in [-0.15, -0.1) is 0 Å². The SMILES string of the molecule is CCCCCCCCCCCCC(CC)OC(=O)C1CC1. The third-order valence-electron chi connectivity index (χ3n) is 4.53. The van der Waals surface area contributed by atoms with Gasteiger partial charge >= 0.3 is 5.97 Å². The molecule has 0 bridgehead atoms. The molecular formula is C19H36O2. The van der Waals surface area contributed by atoms with E-state index in [-0.39, 0.29) is 18.0 Å². The molecule has 0 amide bonds. The smallest absolute Gasteiger partial charge is 0.309 e. The molecule has 21 heavy (non-hydrogen) atoms. The van der Waals surface area contributed by atoms with Crippen LogP contribution in [-0.4, -0.2) is 12.1 Å². The van der Waals surface area contributed by atoms with Crippen molar-refractivity contribution in [1.29, 1.82) is 0 Å². The zero-order valence-electron chi connectivity index (χ0n) is 14.4. The minimum absolute atomic E-state index is 0.0638. The highest BCUT2D eigenvalue weighted by molar-refractivity contribution is 5.75. The zero-order valence-corrected chi connectivity index (χ0v) is 14.4. The van der Waals surface area contributed by atoms with Crippen LogP contribution in [0.3, 0.4) is 0 Å². The van der Waals surface area contributed by atoms with Gasteiger partial charge in [-0.25, -0.2) is 0 Å². The number of ether oxygens (including phenoxy) is 1. The Balaban J connectivity index is 1.86. The molecule has 2 nitrogen and oxygen atoms in total. The van der Waals surface area contributed by atoms with Crippen LogP contribution in [0, 0.1) is 5.92 Å². The van der Waals surface area contributed by atoms with Gasteiger partial charge in [0.1, 0.15) is 6.10 Å². The van der Waals surface area contributed by atoms with E-state index in [0.717, 1.165) is 25.7 Å². The minimum atomic E-state index is 0.0638. The minimum Gasteiger partial charge on any atom is -0.462 e. The number of hydrogen-bond acceptors (Lipinski definition) is 2. The molecule has 0 aromatic rings. The molecule has 1 atom stereocenters. The molecule has 0 aromatic carbocycles. The fourth-order valence-corrected chi connectivity index (χ4v) is 2.79. The number of carbonyl (C=O) groups excluding carboxylic acids is 1. The summed E-state index contributed by atoms with van der Waals surface area (Å²) >= 11 is 0. The quantitative estimate of drug-likeness (QED) is 0.289. The van der Waals surface area contributed by atoms with Crippen LogP contribution in [-0.2, 0) is 9.53 Å². The van der Waals surface area contributed by atoms with Crippen LogP contribution in [0.4, 0.5) is 0 Å². The lowest BCUT2D eigenvalue weighted by Crippen LogP contribution is -2.18. The van der Waals surface area contributed by atoms with Crippen molar-refractivity contribution in [1.82, 2.24) is 0 Å². The van der Waals surface area contributed by atoms with E-state index in [9.17, 15) is 4.79 Å². The van der Waals surface area contributed by atoms with Gasteiger partial charge in [-0.05, 0) is 32.1 Å². The van der Waals surface area contributed by atoms with Crippen molar-refractivity contribution in [3.05, 3.63) is 0 Å². The van der Waals surface area contributed by atoms with Crippen molar-refractivity contribution in [3.8, 4) is 0 Å². The second kappa shape index (κ2) is 12.1. The average molecular weight is 296 g/mol. The summed E-state index contributed by atoms with van der Waals surface area (Å²) in [6, 6.07) is 0. The van der Waals surface area contributed by atoms with E-state index >= 15 is 0 Å². The Bertz CT molecular complexity index is 258. The summed E-state index contributed by atoms with van der Waals surface area (Å²) in [5.74, 6) is 0.306. The van der Waals surface area contributed by atoms with Gasteiger partial charge in [0.2, 0.25) is 0 Å². The predicted octanol–water partition coefficient (Wildman–Crippen LogP) is 6.03. The Hall–Kier alpha value is -0.530. The molecule has 0 N–H and O–H groups in total. The Labute approximate surface area is 132 Å². The molecule has 0 aliphatic heterocycles. The van der Waals surface area contributed by atoms with Crippen LogP contribution in [0.25, 0.3) is 0 Å². The molecular weight excluding hydrogens is 260 g/mol. The Morgan fingerprint density at radius 3 is 1.90 bits per heavy atom. The van der Waals surface area contributed by atoms with Crippen LogP contribution >= 0.6 is 0 Å². The highest BCUT2D eigenvalue weighted by atomic mass is 16.5. The first-order chi connectivity index (χ1) is 10.3. The Morgan fingerprint density at radius 1 is 0.905 bits per heavy atom. The normalized spacial score (nSPS) is 15.9. The van der Waals surface area contributed by atoms with Crippen LogP contribution < -0.4 is 0 Å². The van der Waals surface area contributed by atoms with E-state index in [2.05, 4.69) is 13.8 Å². The van der Waals surface area contributed by atoms with Crippen LogP contribution in [0.15, 0.2) is 0 Å². The van der Waals surface area contributed by atoms with E-state index < -0.39 is 0 Å². The number of carbonyl (C=O) groups is 1. The summed E-state index contributed by atoms with van der Waals surface area (Å²) in [7, 11) is 0. The summed E-state index contributed by atoms with van der Waals surface area (Å²) in [5.41, 5.74) is 0. The number of hydrogen-bond donors (Lipinski definition) is 0. The topological polar surface area (TPSA) is 26.3 Å². The van der Waals surface area contributed by atoms with Crippen LogP contribution in [0.5, 0.6) is 0 Å². The van der Waals surface area contributed by atoms with Gasteiger partial charge in [-0.3, -0.25) is 4.79 Å². The predicted molar refractivity (Wildman–Crippen MR) is 89.4 cm³/mol. The molecule has 1 aliphatic rings. The van der Waals surface area contributed by atoms with E-state index in [4.69, 9.17) is 4.74 Å². The van der Waals surface area contributed by atoms with Crippen molar-refractivity contribution in [3.63, 3.8) is 0 Å². The van der Waals surface area contributed by atoms with Gasteiger partial charge in [-0.1, -0.05) is 71.6 Å². The monoisotopic (exact) mass is 296 g/mol. The standard InChI is InChI=1S/C19H36O2/c1-3-5-6-7-8-9-10-11-12-13-14-18(4-2)21-19(20)17-15-16-17/h17-18H,3-16H2,1-2H3. The number of esters is 1. The van der Waals surface area contributed by atoms with Crippen LogP contribution in [0.1, 0.15) is 104 Å². The lowest BCUT2D eigenvalue weighted by atomic mass is 10.0. The number of rotatable bonds is 14. The summed E-state index contributed by atoms with van der Waals surface area (Å²) in [5, 5.41) is 0. The summed E-state index contributed by atoms with van der Waals surface area (Å²) in [4.78, 5) is 11.6. The lowest BCUT2D eigenvalue weighted by Gasteiger charge is -2.15. The van der Waals surface area contributed by atoms with Crippen molar-refractivity contribution in [2.75, 3.05) is 0 Å². The molecule has 0 aromatic heterocycles. The molecule has 1 rings (SSSR count). The maximum atomic E-state index is 11.6. The lowest BCUT2D eigenvalue weighted by molar-refractivity contribution is -0.151. The molecule has 2 heteroatoms. The first-order valence-corrected chi connectivity index (χ1v) is 9.48. The third kappa shape index (κ3) is 9.92. The molecule has 0 heterocycles. The fraction of sp³-hybridized carbons (Fsp3) is 0.947. The molecule has 1 unspecified atom stereocenters. The highest BCUT2D eigenvalue weighted by Gasteiger charge is 2.32. The first-order valence-electron chi connectivity index (χ1n) is 9.48. The van der Waals surface area contributed by atoms with Crippen molar-refractivity contribution in [2.45, 2.75) is 110 Å². The maximum absolute atomic E-state index is 11.6. The maximum Gasteiger partial charge on any atom is 0.309 e. The fourth-order valence-electron chi connectivity index (χ4n) is 2.79. The second-order valence-corrected chi connectivity index (χ2v) is 6.71. The van der Waals surface area contributed by atoms with Gasteiger partial charge in [0, 0.05) is 0 Å². The average Bonchev–Trinajstić information content (AvgIpc) is 3.32. The highest BCUT2D eigenvalue weighted by Crippen LogP contribution is 2.31. The summed E-state index contributed by atoms with van der Waals surface area (Å²) in [6.07, 6.45) is 17.9. The molecule has 0 saturated heterocycles. The summed E-state index contributed by atoms with van der Waals surface area (Å²) in [6.45, 7) is 4.40. The van der Waals surface area contributed by atoms with Crippen molar-refractivity contribution < 1.29 is 9.53 Å². The van der Waals surface area contributed by atoms with Gasteiger partial charge in [0.05, 0.1) is 5.92 Å². The van der Waals surface area contributed by atoms with Gasteiger partial charge in [0.25, 0.3) is 0 Å². The Morgan fingerprint density at radius 2 is 1.43 bits per heavy atom. The van der Waals surface area contributed by atoms with Gasteiger partial charge < -0.3 is 4.74 Å². The second-order valence-electron chi connectivity index (χ2n) is 6.71.